The fraction of sp³-hybridized carbons (Fsp3) is 0.700. The van der Waals surface area contributed by atoms with Gasteiger partial charge in [0.2, 0.25) is 0 Å². The smallest absolute Gasteiger partial charge is 0.297 e. The molecule has 0 aliphatic heterocycles. The van der Waals surface area contributed by atoms with E-state index < -0.39 is 12.6 Å². The highest BCUT2D eigenvalue weighted by atomic mass is 35.5. The molecule has 0 fully saturated rings. The van der Waals surface area contributed by atoms with Crippen LogP contribution in [-0.2, 0) is 5.88 Å². The molecule has 0 radical (unpaired) electrons. The summed E-state index contributed by atoms with van der Waals surface area (Å²) in [5, 5.41) is 2.63. The first-order valence-electron chi connectivity index (χ1n) is 5.10. The zero-order valence-electron chi connectivity index (χ0n) is 9.59. The van der Waals surface area contributed by atoms with Crippen LogP contribution in [0.25, 0.3) is 0 Å². The van der Waals surface area contributed by atoms with Gasteiger partial charge in [0, 0.05) is 11.9 Å². The molecule has 0 aliphatic carbocycles. The van der Waals surface area contributed by atoms with Crippen molar-refractivity contribution in [1.29, 1.82) is 0 Å². The molecule has 0 aromatic carbocycles. The highest BCUT2D eigenvalue weighted by Crippen LogP contribution is 2.26. The van der Waals surface area contributed by atoms with E-state index in [4.69, 9.17) is 11.6 Å². The Morgan fingerprint density at radius 1 is 1.53 bits per heavy atom. The third kappa shape index (κ3) is 4.81. The normalized spacial score (nSPS) is 14.3. The van der Waals surface area contributed by atoms with Gasteiger partial charge in [-0.25, -0.2) is 4.98 Å². The fourth-order valence-corrected chi connectivity index (χ4v) is 2.43. The maximum absolute atomic E-state index is 12.1. The highest BCUT2D eigenvalue weighted by molar-refractivity contribution is 7.09. The van der Waals surface area contributed by atoms with Crippen LogP contribution in [0.2, 0.25) is 0 Å². The summed E-state index contributed by atoms with van der Waals surface area (Å²) in [5.41, 5.74) is 0.766. The van der Waals surface area contributed by atoms with Gasteiger partial charge >= 0.3 is 6.18 Å². The van der Waals surface area contributed by atoms with Crippen molar-refractivity contribution in [2.45, 2.75) is 31.4 Å². The summed E-state index contributed by atoms with van der Waals surface area (Å²) in [4.78, 5) is 5.90. The van der Waals surface area contributed by atoms with Gasteiger partial charge in [-0.05, 0) is 14.0 Å². The lowest BCUT2D eigenvalue weighted by Gasteiger charge is -2.23. The van der Waals surface area contributed by atoms with Crippen LogP contribution in [0, 0.1) is 0 Å². The monoisotopic (exact) mass is 286 g/mol. The number of alkyl halides is 4. The first-order valence-corrected chi connectivity index (χ1v) is 6.52. The summed E-state index contributed by atoms with van der Waals surface area (Å²) in [6, 6.07) is -0.126. The van der Waals surface area contributed by atoms with Crippen molar-refractivity contribution in [3.8, 4) is 0 Å². The maximum atomic E-state index is 12.1. The molecule has 0 amide bonds. The van der Waals surface area contributed by atoms with E-state index in [0.717, 1.165) is 10.7 Å². The van der Waals surface area contributed by atoms with E-state index in [0.29, 0.717) is 5.88 Å². The van der Waals surface area contributed by atoms with Crippen LogP contribution in [0.15, 0.2) is 5.38 Å². The Morgan fingerprint density at radius 2 is 2.18 bits per heavy atom. The molecular formula is C10H14ClF3N2S. The van der Waals surface area contributed by atoms with Crippen LogP contribution in [-0.4, -0.2) is 29.7 Å². The Balaban J connectivity index is 2.54. The van der Waals surface area contributed by atoms with Gasteiger partial charge in [-0.3, -0.25) is 4.90 Å². The molecule has 0 spiro atoms. The van der Waals surface area contributed by atoms with Crippen LogP contribution in [0.3, 0.4) is 0 Å². The number of nitrogens with zero attached hydrogens (tertiary/aromatic N) is 2. The SMILES string of the molecule is CC(c1nc(CCl)cs1)N(C)CCC(F)(F)F. The lowest BCUT2D eigenvalue weighted by molar-refractivity contribution is -0.138. The minimum absolute atomic E-state index is 0.0273. The summed E-state index contributed by atoms with van der Waals surface area (Å²) in [6.07, 6.45) is -4.92. The second-order valence-corrected chi connectivity index (χ2v) is 4.99. The van der Waals surface area contributed by atoms with Crippen molar-refractivity contribution >= 4 is 22.9 Å². The predicted octanol–water partition coefficient (Wildman–Crippen LogP) is 3.83. The van der Waals surface area contributed by atoms with E-state index in [2.05, 4.69) is 4.98 Å². The van der Waals surface area contributed by atoms with Gasteiger partial charge in [-0.15, -0.1) is 22.9 Å². The molecule has 1 rings (SSSR count). The fourth-order valence-electron chi connectivity index (χ4n) is 1.26. The second-order valence-electron chi connectivity index (χ2n) is 3.83. The Labute approximate surface area is 107 Å². The molecule has 0 N–H and O–H groups in total. The summed E-state index contributed by atoms with van der Waals surface area (Å²) >= 11 is 7.05. The highest BCUT2D eigenvalue weighted by Gasteiger charge is 2.28. The van der Waals surface area contributed by atoms with Crippen LogP contribution < -0.4 is 0 Å². The van der Waals surface area contributed by atoms with Gasteiger partial charge in [0.15, 0.2) is 0 Å². The molecule has 1 aromatic rings. The molecule has 17 heavy (non-hydrogen) atoms. The Hall–Kier alpha value is -0.330. The van der Waals surface area contributed by atoms with Gasteiger partial charge in [-0.1, -0.05) is 0 Å². The average molecular weight is 287 g/mol. The summed E-state index contributed by atoms with van der Waals surface area (Å²) in [6.45, 7) is 1.81. The standard InChI is InChI=1S/C10H14ClF3N2S/c1-7(9-15-8(5-11)6-17-9)16(2)4-3-10(12,13)14/h6-7H,3-5H2,1-2H3. The van der Waals surface area contributed by atoms with Gasteiger partial charge in [0.25, 0.3) is 0 Å². The van der Waals surface area contributed by atoms with Crippen molar-refractivity contribution < 1.29 is 13.2 Å². The second kappa shape index (κ2) is 6.02. The van der Waals surface area contributed by atoms with Crippen LogP contribution in [0.1, 0.15) is 30.1 Å². The number of rotatable bonds is 5. The molecule has 1 unspecified atom stereocenters. The molecule has 0 saturated heterocycles. The maximum Gasteiger partial charge on any atom is 0.390 e. The Bertz CT molecular complexity index is 354. The quantitative estimate of drug-likeness (QED) is 0.765. The Morgan fingerprint density at radius 3 is 2.65 bits per heavy atom. The van der Waals surface area contributed by atoms with Crippen molar-refractivity contribution in [3.63, 3.8) is 0 Å². The van der Waals surface area contributed by atoms with Crippen molar-refractivity contribution in [2.24, 2.45) is 0 Å². The predicted molar refractivity (Wildman–Crippen MR) is 63.4 cm³/mol. The van der Waals surface area contributed by atoms with E-state index in [1.165, 1.54) is 11.3 Å². The molecule has 1 aromatic heterocycles. The van der Waals surface area contributed by atoms with E-state index in [-0.39, 0.29) is 12.6 Å². The molecule has 2 nitrogen and oxygen atoms in total. The molecule has 7 heteroatoms. The van der Waals surface area contributed by atoms with Crippen LogP contribution in [0.4, 0.5) is 13.2 Å². The summed E-state index contributed by atoms with van der Waals surface area (Å²) < 4.78 is 36.3. The minimum Gasteiger partial charge on any atom is -0.297 e. The van der Waals surface area contributed by atoms with E-state index in [9.17, 15) is 13.2 Å². The number of hydrogen-bond acceptors (Lipinski definition) is 3. The zero-order valence-corrected chi connectivity index (χ0v) is 11.2. The number of thiazole rings is 1. The van der Waals surface area contributed by atoms with Crippen molar-refractivity contribution in [1.82, 2.24) is 9.88 Å². The van der Waals surface area contributed by atoms with Gasteiger partial charge in [-0.2, -0.15) is 13.2 Å². The number of hydrogen-bond donors (Lipinski definition) is 0. The molecular weight excluding hydrogens is 273 g/mol. The summed E-state index contributed by atoms with van der Waals surface area (Å²) in [5.74, 6) is 0.329. The Kier molecular flexibility index (Phi) is 5.22. The molecule has 98 valence electrons. The first kappa shape index (κ1) is 14.7. The number of halogens is 4. The largest absolute Gasteiger partial charge is 0.390 e. The molecule has 1 atom stereocenters. The topological polar surface area (TPSA) is 16.1 Å². The third-order valence-corrected chi connectivity index (χ3v) is 3.81. The van der Waals surface area contributed by atoms with Crippen LogP contribution >= 0.6 is 22.9 Å². The van der Waals surface area contributed by atoms with Gasteiger partial charge in [0.05, 0.1) is 24.0 Å². The average Bonchev–Trinajstić information content (AvgIpc) is 2.72. The lowest BCUT2D eigenvalue weighted by atomic mass is 10.3. The molecule has 0 saturated carbocycles. The zero-order chi connectivity index (χ0) is 13.1. The third-order valence-electron chi connectivity index (χ3n) is 2.47. The van der Waals surface area contributed by atoms with E-state index in [1.807, 2.05) is 12.3 Å². The first-order chi connectivity index (χ1) is 7.83. The molecule has 0 aliphatic rings. The minimum atomic E-state index is -4.11. The molecule has 0 bridgehead atoms. The number of aromatic nitrogens is 1. The van der Waals surface area contributed by atoms with E-state index in [1.54, 1.807) is 11.9 Å². The van der Waals surface area contributed by atoms with Gasteiger partial charge < -0.3 is 0 Å². The van der Waals surface area contributed by atoms with Crippen molar-refractivity contribution in [2.75, 3.05) is 13.6 Å². The molecule has 1 heterocycles. The van der Waals surface area contributed by atoms with Crippen molar-refractivity contribution in [3.05, 3.63) is 16.1 Å². The lowest BCUT2D eigenvalue weighted by Crippen LogP contribution is -2.27. The summed E-state index contributed by atoms with van der Waals surface area (Å²) in [7, 11) is 1.66. The van der Waals surface area contributed by atoms with Gasteiger partial charge in [0.1, 0.15) is 5.01 Å². The van der Waals surface area contributed by atoms with E-state index >= 15 is 0 Å². The van der Waals surface area contributed by atoms with Crippen LogP contribution in [0.5, 0.6) is 0 Å².